The normalized spacial score (nSPS) is 9.85. The molecule has 0 aliphatic rings. The van der Waals surface area contributed by atoms with Crippen molar-refractivity contribution in [3.8, 4) is 0 Å². The standard InChI is InChI=1S/C11H15.ClH.Mg/c1-4-10-6-9(3)7-11(5-2)8-10;;/h6-7H,4-5H2,1-3H3;1H;/q;;+1/p-1. The van der Waals surface area contributed by atoms with E-state index in [9.17, 15) is 0 Å². The van der Waals surface area contributed by atoms with Crippen molar-refractivity contribution in [1.82, 2.24) is 0 Å². The zero-order chi connectivity index (χ0) is 9.84. The Balaban J connectivity index is 3.25. The van der Waals surface area contributed by atoms with Crippen molar-refractivity contribution in [3.63, 3.8) is 0 Å². The number of halogens is 1. The largest absolute Gasteiger partial charge is 0.539 e. The average molecular weight is 207 g/mol. The minimum atomic E-state index is -0.532. The molecule has 0 unspecified atom stereocenters. The van der Waals surface area contributed by atoms with Gasteiger partial charge in [0, 0.05) is 0 Å². The molecule has 1 aromatic rings. The van der Waals surface area contributed by atoms with Crippen molar-refractivity contribution >= 4 is 32.0 Å². The van der Waals surface area contributed by atoms with Crippen LogP contribution < -0.4 is 3.69 Å². The smallest absolute Gasteiger partial charge is 0.336 e. The minimum Gasteiger partial charge on any atom is -0.336 e. The highest BCUT2D eigenvalue weighted by molar-refractivity contribution is 7.01. The summed E-state index contributed by atoms with van der Waals surface area (Å²) in [6, 6.07) is 4.56. The molecule has 0 spiro atoms. The molecule has 2 heteroatoms. The number of benzene rings is 1. The van der Waals surface area contributed by atoms with Crippen LogP contribution in [0.1, 0.15) is 30.5 Å². The Morgan fingerprint density at radius 1 is 1.15 bits per heavy atom. The molecular formula is C11H15ClMg. The van der Waals surface area contributed by atoms with Gasteiger partial charge in [-0.1, -0.05) is 42.7 Å². The summed E-state index contributed by atoms with van der Waals surface area (Å²) in [7, 11) is 6.09. The molecule has 0 nitrogen and oxygen atoms in total. The molecule has 0 bridgehead atoms. The van der Waals surface area contributed by atoms with Gasteiger partial charge in [0.2, 0.25) is 0 Å². The minimum absolute atomic E-state index is 0.532. The Morgan fingerprint density at radius 3 is 1.92 bits per heavy atom. The van der Waals surface area contributed by atoms with E-state index in [0.29, 0.717) is 0 Å². The highest BCUT2D eigenvalue weighted by Crippen LogP contribution is 2.09. The van der Waals surface area contributed by atoms with E-state index in [4.69, 9.17) is 9.07 Å². The lowest BCUT2D eigenvalue weighted by Crippen LogP contribution is -2.20. The van der Waals surface area contributed by atoms with Gasteiger partial charge in [-0.15, -0.1) is 3.69 Å². The highest BCUT2D eigenvalue weighted by Gasteiger charge is 2.08. The average Bonchev–Trinajstić information content (AvgIpc) is 2.16. The van der Waals surface area contributed by atoms with Crippen LogP contribution in [0.15, 0.2) is 12.1 Å². The third-order valence-electron chi connectivity index (χ3n) is 2.47. The Hall–Kier alpha value is 0.276. The summed E-state index contributed by atoms with van der Waals surface area (Å²) in [4.78, 5) is 0. The second-order valence-electron chi connectivity index (χ2n) is 3.40. The Bertz CT molecular complexity index is 269. The first-order valence-corrected chi connectivity index (χ1v) is 7.74. The maximum Gasteiger partial charge on any atom is 0.539 e. The van der Waals surface area contributed by atoms with Crippen molar-refractivity contribution in [1.29, 1.82) is 0 Å². The number of hydrogen-bond acceptors (Lipinski definition) is 0. The van der Waals surface area contributed by atoms with E-state index in [2.05, 4.69) is 32.9 Å². The summed E-state index contributed by atoms with van der Waals surface area (Å²) in [5, 5.41) is 0. The highest BCUT2D eigenvalue weighted by atomic mass is 35.5. The van der Waals surface area contributed by atoms with Crippen molar-refractivity contribution in [2.45, 2.75) is 33.6 Å². The lowest BCUT2D eigenvalue weighted by Gasteiger charge is -2.12. The van der Waals surface area contributed by atoms with Crippen LogP contribution in [0.5, 0.6) is 0 Å². The van der Waals surface area contributed by atoms with Gasteiger partial charge in [0.05, 0.1) is 0 Å². The monoisotopic (exact) mass is 206 g/mol. The van der Waals surface area contributed by atoms with E-state index in [1.54, 1.807) is 0 Å². The fourth-order valence-electron chi connectivity index (χ4n) is 1.77. The molecule has 68 valence electrons. The SMILES string of the molecule is CCc1cc(C)cc(CC)[c]1[Mg][Cl]. The predicted octanol–water partition coefficient (Wildman–Crippen LogP) is 2.60. The fraction of sp³-hybridized carbons (Fsp3) is 0.455. The van der Waals surface area contributed by atoms with E-state index in [0.717, 1.165) is 12.8 Å². The zero-order valence-corrected chi connectivity index (χ0v) is 10.8. The van der Waals surface area contributed by atoms with Gasteiger partial charge in [0.25, 0.3) is 0 Å². The van der Waals surface area contributed by atoms with E-state index in [1.165, 1.54) is 20.4 Å². The van der Waals surface area contributed by atoms with Crippen LogP contribution in [-0.2, 0) is 12.8 Å². The summed E-state index contributed by atoms with van der Waals surface area (Å²) >= 11 is -0.532. The molecule has 0 heterocycles. The van der Waals surface area contributed by atoms with Crippen molar-refractivity contribution in [3.05, 3.63) is 28.8 Å². The second kappa shape index (κ2) is 5.23. The summed E-state index contributed by atoms with van der Waals surface area (Å²) in [5.41, 5.74) is 4.31. The molecule has 1 rings (SSSR count). The van der Waals surface area contributed by atoms with Gasteiger partial charge in [-0.3, -0.25) is 0 Å². The number of aryl methyl sites for hydroxylation is 3. The third kappa shape index (κ3) is 2.61. The summed E-state index contributed by atoms with van der Waals surface area (Å²) < 4.78 is 1.48. The fourth-order valence-corrected chi connectivity index (χ4v) is 3.85. The quantitative estimate of drug-likeness (QED) is 0.668. The zero-order valence-electron chi connectivity index (χ0n) is 8.65. The lowest BCUT2D eigenvalue weighted by molar-refractivity contribution is 1.10. The molecule has 0 radical (unpaired) electrons. The Morgan fingerprint density at radius 2 is 1.62 bits per heavy atom. The molecule has 13 heavy (non-hydrogen) atoms. The molecule has 0 aromatic heterocycles. The van der Waals surface area contributed by atoms with Crippen molar-refractivity contribution in [2.24, 2.45) is 0 Å². The Kier molecular flexibility index (Phi) is 4.57. The second-order valence-corrected chi connectivity index (χ2v) is 5.18. The summed E-state index contributed by atoms with van der Waals surface area (Å²) in [6.07, 6.45) is 2.23. The van der Waals surface area contributed by atoms with Gasteiger partial charge in [-0.05, 0) is 19.8 Å². The van der Waals surface area contributed by atoms with Crippen LogP contribution in [0.2, 0.25) is 0 Å². The maximum absolute atomic E-state index is 6.09. The molecule has 0 saturated carbocycles. The first kappa shape index (κ1) is 11.4. The van der Waals surface area contributed by atoms with Crippen molar-refractivity contribution in [2.75, 3.05) is 0 Å². The van der Waals surface area contributed by atoms with Crippen LogP contribution in [0.4, 0.5) is 0 Å². The lowest BCUT2D eigenvalue weighted by atomic mass is 10.0. The number of rotatable bonds is 3. The third-order valence-corrected chi connectivity index (χ3v) is 4.45. The van der Waals surface area contributed by atoms with Gasteiger partial charge in [-0.2, -0.15) is 0 Å². The molecule has 0 fully saturated rings. The van der Waals surface area contributed by atoms with Gasteiger partial charge >= 0.3 is 19.3 Å². The predicted molar refractivity (Wildman–Crippen MR) is 61.2 cm³/mol. The van der Waals surface area contributed by atoms with Gasteiger partial charge in [0.15, 0.2) is 0 Å². The van der Waals surface area contributed by atoms with Crippen LogP contribution in [0, 0.1) is 6.92 Å². The van der Waals surface area contributed by atoms with Crippen LogP contribution >= 0.6 is 9.07 Å². The maximum atomic E-state index is 6.09. The van der Waals surface area contributed by atoms with E-state index < -0.39 is 19.3 Å². The Labute approximate surface area is 94.2 Å². The molecule has 0 aliphatic carbocycles. The molecule has 0 atom stereocenters. The van der Waals surface area contributed by atoms with E-state index in [1.807, 2.05) is 0 Å². The summed E-state index contributed by atoms with van der Waals surface area (Å²) in [5.74, 6) is 0. The van der Waals surface area contributed by atoms with Gasteiger partial charge in [0.1, 0.15) is 0 Å². The molecular weight excluding hydrogens is 192 g/mol. The molecule has 1 aromatic carbocycles. The van der Waals surface area contributed by atoms with Crippen molar-refractivity contribution < 1.29 is 0 Å². The molecule has 0 N–H and O–H groups in total. The van der Waals surface area contributed by atoms with Crippen LogP contribution in [0.3, 0.4) is 0 Å². The van der Waals surface area contributed by atoms with Crippen LogP contribution in [-0.4, -0.2) is 19.3 Å². The topological polar surface area (TPSA) is 0 Å². The van der Waals surface area contributed by atoms with Gasteiger partial charge < -0.3 is 9.07 Å². The van der Waals surface area contributed by atoms with E-state index >= 15 is 0 Å². The van der Waals surface area contributed by atoms with E-state index in [-0.39, 0.29) is 0 Å². The number of hydrogen-bond donors (Lipinski definition) is 0. The molecule has 0 amide bonds. The molecule has 0 aliphatic heterocycles. The van der Waals surface area contributed by atoms with Gasteiger partial charge in [-0.25, -0.2) is 0 Å². The first-order valence-electron chi connectivity index (χ1n) is 4.90. The first-order chi connectivity index (χ1) is 6.22. The van der Waals surface area contributed by atoms with Crippen LogP contribution in [0.25, 0.3) is 0 Å². The summed E-state index contributed by atoms with van der Waals surface area (Å²) in [6.45, 7) is 6.58. The molecule has 0 saturated heterocycles.